The number of benzene rings is 2. The topological polar surface area (TPSA) is 75.9 Å². The highest BCUT2D eigenvalue weighted by molar-refractivity contribution is 7.22. The SMILES string of the molecule is CCc1cccc2sc(N(CCCN3CCOCC3)C(=O)c3coc4ccccc4c3=O)nc12. The molecule has 34 heavy (non-hydrogen) atoms. The molecule has 0 spiro atoms. The average molecular weight is 478 g/mol. The zero-order valence-electron chi connectivity index (χ0n) is 19.2. The molecule has 0 unspecified atom stereocenters. The van der Waals surface area contributed by atoms with Gasteiger partial charge in [-0.3, -0.25) is 19.4 Å². The van der Waals surface area contributed by atoms with E-state index in [-0.39, 0.29) is 16.9 Å². The molecule has 2 aromatic heterocycles. The van der Waals surface area contributed by atoms with Gasteiger partial charge >= 0.3 is 0 Å². The molecule has 1 fully saturated rings. The molecule has 0 atom stereocenters. The van der Waals surface area contributed by atoms with Crippen LogP contribution in [0, 0.1) is 0 Å². The monoisotopic (exact) mass is 477 g/mol. The van der Waals surface area contributed by atoms with Gasteiger partial charge in [-0.05, 0) is 36.6 Å². The third-order valence-electron chi connectivity index (χ3n) is 6.22. The van der Waals surface area contributed by atoms with Crippen LogP contribution in [0.1, 0.15) is 29.3 Å². The van der Waals surface area contributed by atoms with E-state index < -0.39 is 0 Å². The van der Waals surface area contributed by atoms with Gasteiger partial charge in [0.1, 0.15) is 17.4 Å². The van der Waals surface area contributed by atoms with Crippen molar-refractivity contribution in [1.82, 2.24) is 9.88 Å². The molecule has 1 aliphatic rings. The summed E-state index contributed by atoms with van der Waals surface area (Å²) >= 11 is 1.48. The number of fused-ring (bicyclic) bond motifs is 2. The van der Waals surface area contributed by atoms with Crippen LogP contribution in [0.25, 0.3) is 21.2 Å². The number of rotatable bonds is 7. The number of ether oxygens (including phenoxy) is 1. The van der Waals surface area contributed by atoms with Crippen molar-refractivity contribution in [3.8, 4) is 0 Å². The van der Waals surface area contributed by atoms with E-state index in [0.29, 0.717) is 22.6 Å². The number of morpholine rings is 1. The molecular formula is C26H27N3O4S. The molecule has 7 nitrogen and oxygen atoms in total. The standard InChI is InChI=1S/C26H27N3O4S/c1-2-18-7-5-10-22-23(18)27-26(34-22)29(12-6-11-28-13-15-32-16-14-28)25(31)20-17-33-21-9-4-3-8-19(21)24(20)30/h3-5,7-10,17H,2,6,11-16H2,1H3. The number of hydrogen-bond donors (Lipinski definition) is 0. The van der Waals surface area contributed by atoms with Gasteiger partial charge in [0.05, 0.1) is 28.8 Å². The Labute approximate surface area is 201 Å². The van der Waals surface area contributed by atoms with Crippen molar-refractivity contribution in [1.29, 1.82) is 0 Å². The first-order valence-electron chi connectivity index (χ1n) is 11.7. The molecule has 0 bridgehead atoms. The minimum Gasteiger partial charge on any atom is -0.463 e. The Bertz CT molecular complexity index is 1370. The number of thiazole rings is 1. The lowest BCUT2D eigenvalue weighted by atomic mass is 10.1. The van der Waals surface area contributed by atoms with Crippen molar-refractivity contribution >= 4 is 43.6 Å². The zero-order valence-corrected chi connectivity index (χ0v) is 20.0. The van der Waals surface area contributed by atoms with Crippen molar-refractivity contribution in [2.45, 2.75) is 19.8 Å². The lowest BCUT2D eigenvalue weighted by Gasteiger charge is -2.27. The summed E-state index contributed by atoms with van der Waals surface area (Å²) in [5.74, 6) is -0.376. The van der Waals surface area contributed by atoms with E-state index in [1.54, 1.807) is 29.2 Å². The maximum Gasteiger partial charge on any atom is 0.267 e. The number of para-hydroxylation sites is 2. The van der Waals surface area contributed by atoms with Gasteiger partial charge in [-0.25, -0.2) is 4.98 Å². The van der Waals surface area contributed by atoms with E-state index in [1.807, 2.05) is 12.1 Å². The van der Waals surface area contributed by atoms with Crippen LogP contribution in [-0.4, -0.2) is 55.2 Å². The number of carbonyl (C=O) groups is 1. The van der Waals surface area contributed by atoms with Crippen molar-refractivity contribution in [2.75, 3.05) is 44.3 Å². The van der Waals surface area contributed by atoms with Gasteiger partial charge < -0.3 is 9.15 Å². The molecule has 8 heteroatoms. The predicted octanol–water partition coefficient (Wildman–Crippen LogP) is 4.33. The van der Waals surface area contributed by atoms with Crippen molar-refractivity contribution in [3.05, 3.63) is 70.1 Å². The third kappa shape index (κ3) is 4.49. The Morgan fingerprint density at radius 2 is 1.97 bits per heavy atom. The number of anilines is 1. The molecule has 0 aliphatic carbocycles. The summed E-state index contributed by atoms with van der Waals surface area (Å²) in [4.78, 5) is 35.7. The normalized spacial score (nSPS) is 14.6. The fourth-order valence-electron chi connectivity index (χ4n) is 4.33. The van der Waals surface area contributed by atoms with Crippen molar-refractivity contribution in [3.63, 3.8) is 0 Å². The Hall–Kier alpha value is -3.07. The van der Waals surface area contributed by atoms with Crippen LogP contribution in [-0.2, 0) is 11.2 Å². The largest absolute Gasteiger partial charge is 0.463 e. The summed E-state index contributed by atoms with van der Waals surface area (Å²) in [6, 6.07) is 13.1. The highest BCUT2D eigenvalue weighted by Gasteiger charge is 2.25. The molecule has 0 N–H and O–H groups in total. The lowest BCUT2D eigenvalue weighted by Crippen LogP contribution is -2.40. The van der Waals surface area contributed by atoms with Gasteiger partial charge in [0.15, 0.2) is 5.13 Å². The highest BCUT2D eigenvalue weighted by Crippen LogP contribution is 2.32. The smallest absolute Gasteiger partial charge is 0.267 e. The van der Waals surface area contributed by atoms with E-state index in [2.05, 4.69) is 17.9 Å². The number of aromatic nitrogens is 1. The summed E-state index contributed by atoms with van der Waals surface area (Å²) in [7, 11) is 0. The number of nitrogens with zero attached hydrogens (tertiary/aromatic N) is 3. The molecule has 5 rings (SSSR count). The fourth-order valence-corrected chi connectivity index (χ4v) is 5.36. The van der Waals surface area contributed by atoms with E-state index in [1.165, 1.54) is 17.6 Å². The first-order valence-corrected chi connectivity index (χ1v) is 12.5. The summed E-state index contributed by atoms with van der Waals surface area (Å²) < 4.78 is 12.1. The molecule has 0 radical (unpaired) electrons. The average Bonchev–Trinajstić information content (AvgIpc) is 3.31. The lowest BCUT2D eigenvalue weighted by molar-refractivity contribution is 0.0376. The molecule has 3 heterocycles. The minimum absolute atomic E-state index is 0.0278. The van der Waals surface area contributed by atoms with Gasteiger partial charge in [0.2, 0.25) is 5.43 Å². The molecule has 1 amide bonds. The minimum atomic E-state index is -0.376. The second-order valence-corrected chi connectivity index (χ2v) is 9.36. The van der Waals surface area contributed by atoms with Crippen LogP contribution in [0.2, 0.25) is 0 Å². The predicted molar refractivity (Wildman–Crippen MR) is 135 cm³/mol. The summed E-state index contributed by atoms with van der Waals surface area (Å²) in [6.07, 6.45) is 2.91. The van der Waals surface area contributed by atoms with E-state index in [4.69, 9.17) is 14.1 Å². The third-order valence-corrected chi connectivity index (χ3v) is 7.26. The van der Waals surface area contributed by atoms with Crippen molar-refractivity contribution < 1.29 is 13.9 Å². The molecule has 1 aliphatic heterocycles. The van der Waals surface area contributed by atoms with Gasteiger partial charge in [0, 0.05) is 26.2 Å². The molecule has 176 valence electrons. The number of hydrogen-bond acceptors (Lipinski definition) is 7. The number of carbonyl (C=O) groups excluding carboxylic acids is 1. The van der Waals surface area contributed by atoms with E-state index >= 15 is 0 Å². The van der Waals surface area contributed by atoms with Crippen LogP contribution < -0.4 is 10.3 Å². The van der Waals surface area contributed by atoms with Crippen LogP contribution in [0.3, 0.4) is 0 Å². The van der Waals surface area contributed by atoms with Gasteiger partial charge in [0.25, 0.3) is 5.91 Å². The van der Waals surface area contributed by atoms with Crippen LogP contribution >= 0.6 is 11.3 Å². The quantitative estimate of drug-likeness (QED) is 0.394. The van der Waals surface area contributed by atoms with E-state index in [9.17, 15) is 9.59 Å². The van der Waals surface area contributed by atoms with Gasteiger partial charge in [-0.15, -0.1) is 0 Å². The maximum absolute atomic E-state index is 13.7. The molecule has 0 saturated carbocycles. The Morgan fingerprint density at radius 1 is 1.15 bits per heavy atom. The van der Waals surface area contributed by atoms with Crippen LogP contribution in [0.4, 0.5) is 5.13 Å². The van der Waals surface area contributed by atoms with Gasteiger partial charge in [-0.2, -0.15) is 0 Å². The highest BCUT2D eigenvalue weighted by atomic mass is 32.1. The summed E-state index contributed by atoms with van der Waals surface area (Å²) in [5.41, 5.74) is 2.24. The Kier molecular flexibility index (Phi) is 6.71. The summed E-state index contributed by atoms with van der Waals surface area (Å²) in [5, 5.41) is 1.01. The van der Waals surface area contributed by atoms with Crippen LogP contribution in [0.5, 0.6) is 0 Å². The van der Waals surface area contributed by atoms with Crippen molar-refractivity contribution in [2.24, 2.45) is 0 Å². The van der Waals surface area contributed by atoms with Crippen LogP contribution in [0.15, 0.2) is 57.9 Å². The summed E-state index contributed by atoms with van der Waals surface area (Å²) in [6.45, 7) is 6.66. The maximum atomic E-state index is 13.7. The molecule has 2 aromatic carbocycles. The number of aryl methyl sites for hydroxylation is 1. The molecule has 4 aromatic rings. The Balaban J connectivity index is 1.49. The number of amides is 1. The van der Waals surface area contributed by atoms with E-state index in [0.717, 1.165) is 61.5 Å². The van der Waals surface area contributed by atoms with Gasteiger partial charge in [-0.1, -0.05) is 42.5 Å². The first kappa shape index (κ1) is 22.7. The second kappa shape index (κ2) is 10.0. The fraction of sp³-hybridized carbons (Fsp3) is 0.346. The second-order valence-electron chi connectivity index (χ2n) is 8.35. The first-order chi connectivity index (χ1) is 16.7. The Morgan fingerprint density at radius 3 is 2.79 bits per heavy atom. The zero-order chi connectivity index (χ0) is 23.5. The molecular weight excluding hydrogens is 450 g/mol. The molecule has 1 saturated heterocycles.